The number of carbonyl (C=O) groups is 2. The van der Waals surface area contributed by atoms with Crippen molar-refractivity contribution < 1.29 is 28.1 Å². The monoisotopic (exact) mass is 815 g/mol. The number of amides is 2. The molecule has 6 rings (SSSR count). The molecule has 1 aromatic carbocycles. The lowest BCUT2D eigenvalue weighted by molar-refractivity contribution is -0.121. The third kappa shape index (κ3) is 11.7. The van der Waals surface area contributed by atoms with Crippen LogP contribution in [0.3, 0.4) is 0 Å². The molecule has 0 saturated heterocycles. The summed E-state index contributed by atoms with van der Waals surface area (Å²) >= 11 is 0. The molecule has 14 heteroatoms. The van der Waals surface area contributed by atoms with Crippen LogP contribution in [0.2, 0.25) is 25.7 Å². The molecular formula is C44H62FN7O5Si. The van der Waals surface area contributed by atoms with E-state index in [4.69, 9.17) is 14.1 Å². The lowest BCUT2D eigenvalue weighted by Gasteiger charge is -2.41. The van der Waals surface area contributed by atoms with Crippen LogP contribution in [-0.2, 0) is 34.0 Å². The molecule has 0 unspecified atom stereocenters. The number of aryl methyl sites for hydroxylation is 2. The van der Waals surface area contributed by atoms with Gasteiger partial charge in [0.2, 0.25) is 11.9 Å². The highest BCUT2D eigenvalue weighted by Gasteiger charge is 2.42. The molecule has 2 aliphatic carbocycles. The Kier molecular flexibility index (Phi) is 15.4. The smallest absolute Gasteiger partial charge is 0.276 e. The molecule has 2 aliphatic rings. The van der Waals surface area contributed by atoms with E-state index in [2.05, 4.69) is 50.7 Å². The Morgan fingerprint density at radius 1 is 0.914 bits per heavy atom. The largest absolute Gasteiger partial charge is 0.377 e. The number of ether oxygens (including phenoxy) is 2. The Morgan fingerprint density at radius 3 is 2.26 bits per heavy atom. The third-order valence-electron chi connectivity index (χ3n) is 11.9. The molecule has 1 atom stereocenters. The van der Waals surface area contributed by atoms with Gasteiger partial charge in [0.15, 0.2) is 5.69 Å². The number of aromatic nitrogens is 5. The second-order valence-corrected chi connectivity index (χ2v) is 23.1. The van der Waals surface area contributed by atoms with Gasteiger partial charge < -0.3 is 20.1 Å². The highest BCUT2D eigenvalue weighted by atomic mass is 28.3. The number of rotatable bonds is 19. The molecule has 0 aliphatic heterocycles. The van der Waals surface area contributed by atoms with Crippen LogP contribution in [0.5, 0.6) is 0 Å². The van der Waals surface area contributed by atoms with E-state index < -0.39 is 31.9 Å². The van der Waals surface area contributed by atoms with E-state index in [0.717, 1.165) is 68.7 Å². The van der Waals surface area contributed by atoms with E-state index in [9.17, 15) is 9.59 Å². The first-order chi connectivity index (χ1) is 28.0. The third-order valence-corrected chi connectivity index (χ3v) is 13.6. The molecule has 12 nitrogen and oxygen atoms in total. The minimum Gasteiger partial charge on any atom is -0.377 e. The molecule has 0 bridgehead atoms. The summed E-state index contributed by atoms with van der Waals surface area (Å²) in [7, 11) is -1.24. The normalized spacial score (nSPS) is 16.1. The van der Waals surface area contributed by atoms with E-state index in [1.807, 2.05) is 44.2 Å². The standard InChI is InChI=1S/C44H62FN7O5Si/c1-30-38(31(2)52(49-30)29-56-26-27-58(3,4)5)35-23-24-37(46-42(35)45)47-44(54)41(39(33-18-11-7-12-19-33)34-20-13-8-14-21-34)48-43(53)40-36(50-57-51-40)22-15-25-55-28-32-16-9-6-10-17-32/h6,9-10,16-17,23-24,33-34,39,41H,7-8,11-15,18-22,25-29H2,1-5H3,(H,48,53)(H,46,47,54)/t41-/m0/s1. The van der Waals surface area contributed by atoms with E-state index in [1.54, 1.807) is 16.8 Å². The van der Waals surface area contributed by atoms with Crippen LogP contribution in [-0.4, -0.2) is 64.2 Å². The number of benzene rings is 1. The van der Waals surface area contributed by atoms with Crippen molar-refractivity contribution in [1.82, 2.24) is 30.4 Å². The summed E-state index contributed by atoms with van der Waals surface area (Å²) in [4.78, 5) is 32.9. The Labute approximate surface area is 343 Å². The van der Waals surface area contributed by atoms with Crippen molar-refractivity contribution in [3.63, 3.8) is 0 Å². The zero-order valence-electron chi connectivity index (χ0n) is 35.0. The minimum atomic E-state index is -1.24. The number of hydrogen-bond donors (Lipinski definition) is 2. The topological polar surface area (TPSA) is 146 Å². The molecule has 58 heavy (non-hydrogen) atoms. The first kappa shape index (κ1) is 43.3. The van der Waals surface area contributed by atoms with Gasteiger partial charge >= 0.3 is 0 Å². The average molecular weight is 816 g/mol. The fraction of sp³-hybridized carbons (Fsp3) is 0.591. The maximum Gasteiger partial charge on any atom is 0.276 e. The number of nitrogens with zero attached hydrogens (tertiary/aromatic N) is 5. The molecule has 4 aromatic rings. The molecule has 2 N–H and O–H groups in total. The van der Waals surface area contributed by atoms with Gasteiger partial charge in [-0.3, -0.25) is 9.59 Å². The summed E-state index contributed by atoms with van der Waals surface area (Å²) in [6, 6.07) is 13.3. The van der Waals surface area contributed by atoms with Gasteiger partial charge in [-0.15, -0.1) is 0 Å². The van der Waals surface area contributed by atoms with Crippen molar-refractivity contribution in [2.45, 2.75) is 136 Å². The van der Waals surface area contributed by atoms with Crippen LogP contribution in [0.15, 0.2) is 47.1 Å². The van der Waals surface area contributed by atoms with Crippen LogP contribution in [0.1, 0.15) is 104 Å². The summed E-state index contributed by atoms with van der Waals surface area (Å²) in [5.41, 5.74) is 3.94. The maximum absolute atomic E-state index is 16.0. The molecule has 3 aromatic heterocycles. The first-order valence-corrected chi connectivity index (χ1v) is 25.0. The average Bonchev–Trinajstić information content (AvgIpc) is 3.80. The molecular weight excluding hydrogens is 754 g/mol. The highest BCUT2D eigenvalue weighted by Crippen LogP contribution is 2.42. The van der Waals surface area contributed by atoms with E-state index in [-0.39, 0.29) is 36.0 Å². The lowest BCUT2D eigenvalue weighted by Crippen LogP contribution is -2.53. The van der Waals surface area contributed by atoms with Crippen LogP contribution in [0.25, 0.3) is 11.1 Å². The molecule has 0 radical (unpaired) electrons. The minimum absolute atomic E-state index is 0.0631. The molecule has 0 spiro atoms. The van der Waals surface area contributed by atoms with Gasteiger partial charge in [0.05, 0.1) is 12.3 Å². The van der Waals surface area contributed by atoms with Crippen molar-refractivity contribution in [2.75, 3.05) is 18.5 Å². The summed E-state index contributed by atoms with van der Waals surface area (Å²) in [5, 5.41) is 18.7. The summed E-state index contributed by atoms with van der Waals surface area (Å²) in [6.45, 7) is 12.6. The van der Waals surface area contributed by atoms with Crippen LogP contribution >= 0.6 is 0 Å². The fourth-order valence-electron chi connectivity index (χ4n) is 8.80. The van der Waals surface area contributed by atoms with Crippen molar-refractivity contribution >= 4 is 25.7 Å². The number of hydrogen-bond acceptors (Lipinski definition) is 9. The molecule has 2 amide bonds. The first-order valence-electron chi connectivity index (χ1n) is 21.3. The number of anilines is 1. The van der Waals surface area contributed by atoms with E-state index in [0.29, 0.717) is 55.2 Å². The molecule has 2 fully saturated rings. The number of nitrogens with one attached hydrogen (secondary N) is 2. The Balaban J connectivity index is 1.19. The van der Waals surface area contributed by atoms with Crippen molar-refractivity contribution in [1.29, 1.82) is 0 Å². The van der Waals surface area contributed by atoms with Crippen molar-refractivity contribution in [3.8, 4) is 11.1 Å². The zero-order chi connectivity index (χ0) is 41.1. The van der Waals surface area contributed by atoms with Crippen molar-refractivity contribution in [2.24, 2.45) is 17.8 Å². The number of halogens is 1. The Morgan fingerprint density at radius 2 is 1.60 bits per heavy atom. The fourth-order valence-corrected chi connectivity index (χ4v) is 9.56. The molecule has 314 valence electrons. The van der Waals surface area contributed by atoms with E-state index in [1.165, 1.54) is 12.8 Å². The van der Waals surface area contributed by atoms with Gasteiger partial charge in [0.1, 0.15) is 24.3 Å². The maximum atomic E-state index is 16.0. The summed E-state index contributed by atoms with van der Waals surface area (Å²) in [6.07, 6.45) is 11.7. The quantitative estimate of drug-likeness (QED) is 0.0538. The van der Waals surface area contributed by atoms with Crippen LogP contribution < -0.4 is 10.6 Å². The van der Waals surface area contributed by atoms with Crippen LogP contribution in [0.4, 0.5) is 10.2 Å². The summed E-state index contributed by atoms with van der Waals surface area (Å²) < 4.78 is 34.6. The van der Waals surface area contributed by atoms with Gasteiger partial charge in [0.25, 0.3) is 5.91 Å². The molecule has 2 saturated carbocycles. The van der Waals surface area contributed by atoms with Gasteiger partial charge in [0, 0.05) is 38.1 Å². The van der Waals surface area contributed by atoms with E-state index >= 15 is 4.39 Å². The second-order valence-electron chi connectivity index (χ2n) is 17.4. The van der Waals surface area contributed by atoms with Crippen LogP contribution in [0, 0.1) is 37.5 Å². The SMILES string of the molecule is Cc1nn(COCC[Si](C)(C)C)c(C)c1-c1ccc(NC(=O)[C@@H](NC(=O)c2nonc2CCCOCc2ccccc2)C(C2CCCCC2)C2CCCCC2)nc1F. The molecule has 3 heterocycles. The predicted octanol–water partition coefficient (Wildman–Crippen LogP) is 9.06. The Hall–Kier alpha value is -4.27. The van der Waals surface area contributed by atoms with Gasteiger partial charge in [-0.05, 0) is 73.3 Å². The summed E-state index contributed by atoms with van der Waals surface area (Å²) in [5.74, 6) is -1.15. The Bertz CT molecular complexity index is 1920. The highest BCUT2D eigenvalue weighted by molar-refractivity contribution is 6.76. The number of pyridine rings is 1. The van der Waals surface area contributed by atoms with Gasteiger partial charge in [-0.25, -0.2) is 14.3 Å². The van der Waals surface area contributed by atoms with Gasteiger partial charge in [-0.2, -0.15) is 9.49 Å². The zero-order valence-corrected chi connectivity index (χ0v) is 36.0. The second kappa shape index (κ2) is 20.6. The predicted molar refractivity (Wildman–Crippen MR) is 224 cm³/mol. The lowest BCUT2D eigenvalue weighted by atomic mass is 9.66. The van der Waals surface area contributed by atoms with Crippen molar-refractivity contribution in [3.05, 3.63) is 76.8 Å². The number of carbonyl (C=O) groups excluding carboxylic acids is 2. The van der Waals surface area contributed by atoms with Gasteiger partial charge in [-0.1, -0.05) is 119 Å².